The average molecular weight is 375 g/mol. The summed E-state index contributed by atoms with van der Waals surface area (Å²) < 4.78 is 6.56. The number of halogens is 2. The Hall–Kier alpha value is -1.04. The first kappa shape index (κ1) is 15.4. The Labute approximate surface area is 135 Å². The molecule has 20 heavy (non-hydrogen) atoms. The van der Waals surface area contributed by atoms with Gasteiger partial charge in [0.2, 0.25) is 0 Å². The fourth-order valence-corrected chi connectivity index (χ4v) is 3.17. The lowest BCUT2D eigenvalue weighted by Gasteiger charge is -2.14. The van der Waals surface area contributed by atoms with E-state index in [1.54, 1.807) is 42.5 Å². The highest BCUT2D eigenvalue weighted by Gasteiger charge is 2.15. The van der Waals surface area contributed by atoms with Crippen molar-refractivity contribution in [2.24, 2.45) is 0 Å². The van der Waals surface area contributed by atoms with E-state index in [-0.39, 0.29) is 5.91 Å². The van der Waals surface area contributed by atoms with Gasteiger partial charge in [0, 0.05) is 14.4 Å². The third kappa shape index (κ3) is 4.23. The second-order valence-corrected chi connectivity index (χ2v) is 6.42. The van der Waals surface area contributed by atoms with Crippen molar-refractivity contribution < 1.29 is 9.53 Å². The SMILES string of the molecule is CC(Oc1cccc(Cl)c1)C(=O)NCc1sccc1Br. The standard InChI is InChI=1S/C14H13BrClNO2S/c1-9(19-11-4-2-3-10(16)7-11)14(18)17-8-13-12(15)5-6-20-13/h2-7,9H,8H2,1H3,(H,17,18). The van der Waals surface area contributed by atoms with Crippen LogP contribution in [0.1, 0.15) is 11.8 Å². The van der Waals surface area contributed by atoms with Crippen LogP contribution in [0.2, 0.25) is 5.02 Å². The smallest absolute Gasteiger partial charge is 0.261 e. The molecule has 0 aliphatic heterocycles. The predicted octanol–water partition coefficient (Wildman–Crippen LogP) is 4.25. The van der Waals surface area contributed by atoms with Gasteiger partial charge < -0.3 is 10.1 Å². The summed E-state index contributed by atoms with van der Waals surface area (Å²) in [6.45, 7) is 2.19. The highest BCUT2D eigenvalue weighted by Crippen LogP contribution is 2.22. The lowest BCUT2D eigenvalue weighted by molar-refractivity contribution is -0.127. The summed E-state index contributed by atoms with van der Waals surface area (Å²) in [5.41, 5.74) is 0. The van der Waals surface area contributed by atoms with Crippen LogP contribution in [-0.4, -0.2) is 12.0 Å². The van der Waals surface area contributed by atoms with Crippen LogP contribution in [0.25, 0.3) is 0 Å². The number of carbonyl (C=O) groups excluding carboxylic acids is 1. The van der Waals surface area contributed by atoms with Crippen LogP contribution in [0, 0.1) is 0 Å². The van der Waals surface area contributed by atoms with Crippen LogP contribution in [0.15, 0.2) is 40.2 Å². The minimum atomic E-state index is -0.577. The normalized spacial score (nSPS) is 11.9. The number of amides is 1. The first-order valence-corrected chi connectivity index (χ1v) is 8.03. The fourth-order valence-electron chi connectivity index (χ4n) is 1.56. The van der Waals surface area contributed by atoms with Crippen LogP contribution in [0.5, 0.6) is 5.75 Å². The van der Waals surface area contributed by atoms with Crippen LogP contribution >= 0.6 is 38.9 Å². The minimum absolute atomic E-state index is 0.162. The largest absolute Gasteiger partial charge is 0.481 e. The molecule has 0 fully saturated rings. The van der Waals surface area contributed by atoms with E-state index in [2.05, 4.69) is 21.2 Å². The molecule has 1 amide bonds. The Morgan fingerprint density at radius 1 is 1.50 bits per heavy atom. The molecule has 0 bridgehead atoms. The number of nitrogens with one attached hydrogen (secondary N) is 1. The van der Waals surface area contributed by atoms with Gasteiger partial charge in [0.1, 0.15) is 5.75 Å². The highest BCUT2D eigenvalue weighted by molar-refractivity contribution is 9.10. The summed E-state index contributed by atoms with van der Waals surface area (Å²) in [6.07, 6.45) is -0.577. The Morgan fingerprint density at radius 2 is 2.30 bits per heavy atom. The first-order valence-electron chi connectivity index (χ1n) is 5.98. The van der Waals surface area contributed by atoms with Crippen molar-refractivity contribution in [3.63, 3.8) is 0 Å². The van der Waals surface area contributed by atoms with Crippen LogP contribution in [0.3, 0.4) is 0 Å². The zero-order valence-corrected chi connectivity index (χ0v) is 13.9. The Bertz CT molecular complexity index is 602. The van der Waals surface area contributed by atoms with E-state index in [0.29, 0.717) is 17.3 Å². The molecule has 1 unspecified atom stereocenters. The maximum Gasteiger partial charge on any atom is 0.261 e. The van der Waals surface area contributed by atoms with Crippen molar-refractivity contribution in [2.75, 3.05) is 0 Å². The first-order chi connectivity index (χ1) is 9.56. The molecular weight excluding hydrogens is 362 g/mol. The summed E-state index contributed by atoms with van der Waals surface area (Å²) in [5.74, 6) is 0.419. The van der Waals surface area contributed by atoms with E-state index in [1.807, 2.05) is 11.4 Å². The Balaban J connectivity index is 1.87. The second kappa shape index (κ2) is 7.11. The third-order valence-corrected chi connectivity index (χ3v) is 4.75. The number of carbonyl (C=O) groups is 1. The van der Waals surface area contributed by atoms with Gasteiger partial charge in [0.25, 0.3) is 5.91 Å². The maximum absolute atomic E-state index is 12.0. The van der Waals surface area contributed by atoms with Crippen molar-refractivity contribution in [1.29, 1.82) is 0 Å². The van der Waals surface area contributed by atoms with E-state index < -0.39 is 6.10 Å². The quantitative estimate of drug-likeness (QED) is 0.850. The molecule has 2 aromatic rings. The summed E-state index contributed by atoms with van der Waals surface area (Å²) >= 11 is 10.9. The molecule has 1 N–H and O–H groups in total. The fraction of sp³-hybridized carbons (Fsp3) is 0.214. The minimum Gasteiger partial charge on any atom is -0.481 e. The molecule has 0 radical (unpaired) electrons. The number of hydrogen-bond acceptors (Lipinski definition) is 3. The zero-order valence-electron chi connectivity index (χ0n) is 10.7. The lowest BCUT2D eigenvalue weighted by atomic mass is 10.3. The summed E-state index contributed by atoms with van der Waals surface area (Å²) in [6, 6.07) is 8.95. The molecule has 0 spiro atoms. The van der Waals surface area contributed by atoms with E-state index in [9.17, 15) is 4.79 Å². The number of thiophene rings is 1. The molecule has 1 aromatic carbocycles. The van der Waals surface area contributed by atoms with Crippen molar-refractivity contribution in [2.45, 2.75) is 19.6 Å². The molecule has 0 aliphatic carbocycles. The van der Waals surface area contributed by atoms with Gasteiger partial charge in [-0.1, -0.05) is 17.7 Å². The van der Waals surface area contributed by atoms with Gasteiger partial charge >= 0.3 is 0 Å². The molecule has 0 aliphatic rings. The van der Waals surface area contributed by atoms with Crippen LogP contribution in [-0.2, 0) is 11.3 Å². The van der Waals surface area contributed by atoms with Gasteiger partial charge in [0.05, 0.1) is 6.54 Å². The Kier molecular flexibility index (Phi) is 5.46. The summed E-state index contributed by atoms with van der Waals surface area (Å²) in [4.78, 5) is 13.0. The molecule has 0 saturated carbocycles. The van der Waals surface area contributed by atoms with E-state index in [1.165, 1.54) is 0 Å². The molecule has 3 nitrogen and oxygen atoms in total. The summed E-state index contributed by atoms with van der Waals surface area (Å²) in [7, 11) is 0. The topological polar surface area (TPSA) is 38.3 Å². The maximum atomic E-state index is 12.0. The molecule has 0 saturated heterocycles. The molecular formula is C14H13BrClNO2S. The van der Waals surface area contributed by atoms with Gasteiger partial charge in [-0.3, -0.25) is 4.79 Å². The van der Waals surface area contributed by atoms with Crippen molar-refractivity contribution in [3.05, 3.63) is 50.1 Å². The molecule has 6 heteroatoms. The van der Waals surface area contributed by atoms with Gasteiger partial charge in [-0.05, 0) is 52.5 Å². The molecule has 1 heterocycles. The highest BCUT2D eigenvalue weighted by atomic mass is 79.9. The van der Waals surface area contributed by atoms with Crippen molar-refractivity contribution in [3.8, 4) is 5.75 Å². The van der Waals surface area contributed by atoms with Crippen LogP contribution < -0.4 is 10.1 Å². The second-order valence-electron chi connectivity index (χ2n) is 4.13. The molecule has 106 valence electrons. The van der Waals surface area contributed by atoms with Crippen molar-refractivity contribution in [1.82, 2.24) is 5.32 Å². The molecule has 1 atom stereocenters. The van der Waals surface area contributed by atoms with E-state index in [0.717, 1.165) is 9.35 Å². The predicted molar refractivity (Wildman–Crippen MR) is 85.4 cm³/mol. The van der Waals surface area contributed by atoms with Gasteiger partial charge in [0.15, 0.2) is 6.10 Å². The summed E-state index contributed by atoms with van der Waals surface area (Å²) in [5, 5.41) is 5.39. The van der Waals surface area contributed by atoms with Gasteiger partial charge in [-0.2, -0.15) is 0 Å². The van der Waals surface area contributed by atoms with E-state index >= 15 is 0 Å². The molecule has 1 aromatic heterocycles. The zero-order chi connectivity index (χ0) is 14.5. The van der Waals surface area contributed by atoms with Crippen LogP contribution in [0.4, 0.5) is 0 Å². The Morgan fingerprint density at radius 3 is 2.95 bits per heavy atom. The lowest BCUT2D eigenvalue weighted by Crippen LogP contribution is -2.35. The van der Waals surface area contributed by atoms with Crippen molar-refractivity contribution >= 4 is 44.8 Å². The number of rotatable bonds is 5. The number of ether oxygens (including phenoxy) is 1. The number of benzene rings is 1. The third-order valence-electron chi connectivity index (χ3n) is 2.59. The van der Waals surface area contributed by atoms with Gasteiger partial charge in [-0.15, -0.1) is 11.3 Å². The van der Waals surface area contributed by atoms with Gasteiger partial charge in [-0.25, -0.2) is 0 Å². The number of hydrogen-bond donors (Lipinski definition) is 1. The monoisotopic (exact) mass is 373 g/mol. The van der Waals surface area contributed by atoms with E-state index in [4.69, 9.17) is 16.3 Å². The molecule has 2 rings (SSSR count). The average Bonchev–Trinajstić information content (AvgIpc) is 2.81.